The number of fused-ring (bicyclic) bond motifs is 2. The minimum Gasteiger partial charge on any atom is -0.308 e. The Morgan fingerprint density at radius 2 is 2.19 bits per heavy atom. The van der Waals surface area contributed by atoms with E-state index in [9.17, 15) is 0 Å². The summed E-state index contributed by atoms with van der Waals surface area (Å²) in [5, 5.41) is 5.80. The standard InChI is InChI=1S/C12H19N3S/c1-15-11-2-3-12(15)5-9(4-11)13-6-10-7-16-8-14-10/h7-9,11-13H,2-6H2,1H3. The van der Waals surface area contributed by atoms with E-state index in [4.69, 9.17) is 0 Å². The van der Waals surface area contributed by atoms with Gasteiger partial charge < -0.3 is 10.2 Å². The van der Waals surface area contributed by atoms with Gasteiger partial charge in [-0.25, -0.2) is 4.98 Å². The van der Waals surface area contributed by atoms with Crippen molar-refractivity contribution in [3.63, 3.8) is 0 Å². The molecule has 0 saturated carbocycles. The van der Waals surface area contributed by atoms with Gasteiger partial charge in [0.25, 0.3) is 0 Å². The predicted molar refractivity (Wildman–Crippen MR) is 66.5 cm³/mol. The number of nitrogens with one attached hydrogen (secondary N) is 1. The van der Waals surface area contributed by atoms with E-state index in [-0.39, 0.29) is 0 Å². The Balaban J connectivity index is 1.54. The van der Waals surface area contributed by atoms with Gasteiger partial charge in [-0.2, -0.15) is 0 Å². The van der Waals surface area contributed by atoms with Crippen LogP contribution in [-0.2, 0) is 6.54 Å². The molecule has 3 rings (SSSR count). The Labute approximate surface area is 101 Å². The van der Waals surface area contributed by atoms with Crippen molar-refractivity contribution >= 4 is 11.3 Å². The van der Waals surface area contributed by atoms with Crippen molar-refractivity contribution in [3.8, 4) is 0 Å². The molecule has 2 bridgehead atoms. The molecule has 1 N–H and O–H groups in total. The molecular formula is C12H19N3S. The third-order valence-electron chi connectivity index (χ3n) is 4.15. The number of aromatic nitrogens is 1. The molecule has 0 aromatic carbocycles. The highest BCUT2D eigenvalue weighted by atomic mass is 32.1. The van der Waals surface area contributed by atoms with Gasteiger partial charge in [-0.15, -0.1) is 11.3 Å². The molecule has 2 unspecified atom stereocenters. The fourth-order valence-electron chi connectivity index (χ4n) is 3.15. The van der Waals surface area contributed by atoms with Crippen LogP contribution >= 0.6 is 11.3 Å². The van der Waals surface area contributed by atoms with Crippen LogP contribution in [0.1, 0.15) is 31.4 Å². The van der Waals surface area contributed by atoms with Gasteiger partial charge in [-0.1, -0.05) is 0 Å². The molecule has 2 saturated heterocycles. The Bertz CT molecular complexity index is 324. The van der Waals surface area contributed by atoms with Crippen LogP contribution in [0.2, 0.25) is 0 Å². The lowest BCUT2D eigenvalue weighted by Crippen LogP contribution is -2.47. The molecular weight excluding hydrogens is 218 g/mol. The monoisotopic (exact) mass is 237 g/mol. The van der Waals surface area contributed by atoms with E-state index in [1.807, 2.05) is 5.51 Å². The fourth-order valence-corrected chi connectivity index (χ4v) is 3.71. The Morgan fingerprint density at radius 3 is 2.81 bits per heavy atom. The van der Waals surface area contributed by atoms with Crippen LogP contribution in [0.5, 0.6) is 0 Å². The molecule has 4 heteroatoms. The van der Waals surface area contributed by atoms with Crippen molar-refractivity contribution in [1.29, 1.82) is 0 Å². The van der Waals surface area contributed by atoms with E-state index in [0.717, 1.165) is 18.6 Å². The lowest BCUT2D eigenvalue weighted by atomic mass is 9.98. The smallest absolute Gasteiger partial charge is 0.0795 e. The number of hydrogen-bond donors (Lipinski definition) is 1. The summed E-state index contributed by atoms with van der Waals surface area (Å²) in [5.41, 5.74) is 3.10. The van der Waals surface area contributed by atoms with Crippen molar-refractivity contribution < 1.29 is 0 Å². The van der Waals surface area contributed by atoms with Crippen molar-refractivity contribution in [2.75, 3.05) is 7.05 Å². The second-order valence-corrected chi connectivity index (χ2v) is 5.80. The third-order valence-corrected chi connectivity index (χ3v) is 4.79. The summed E-state index contributed by atoms with van der Waals surface area (Å²) in [6.45, 7) is 0.942. The summed E-state index contributed by atoms with van der Waals surface area (Å²) in [6.07, 6.45) is 5.43. The normalized spacial score (nSPS) is 34.4. The molecule has 0 spiro atoms. The minimum atomic E-state index is 0.704. The lowest BCUT2D eigenvalue weighted by Gasteiger charge is -2.36. The maximum absolute atomic E-state index is 4.31. The van der Waals surface area contributed by atoms with Crippen molar-refractivity contribution in [1.82, 2.24) is 15.2 Å². The average molecular weight is 237 g/mol. The van der Waals surface area contributed by atoms with Crippen LogP contribution in [0.4, 0.5) is 0 Å². The molecule has 3 nitrogen and oxygen atoms in total. The van der Waals surface area contributed by atoms with Crippen LogP contribution in [0.15, 0.2) is 10.9 Å². The highest BCUT2D eigenvalue weighted by Gasteiger charge is 2.37. The molecule has 2 fully saturated rings. The Morgan fingerprint density at radius 1 is 1.44 bits per heavy atom. The Hall–Kier alpha value is -0.450. The van der Waals surface area contributed by atoms with Gasteiger partial charge in [0.05, 0.1) is 11.2 Å². The molecule has 0 radical (unpaired) electrons. The third kappa shape index (κ3) is 2.01. The van der Waals surface area contributed by atoms with Gasteiger partial charge in [0.1, 0.15) is 0 Å². The van der Waals surface area contributed by atoms with Crippen molar-refractivity contribution in [3.05, 3.63) is 16.6 Å². The second kappa shape index (κ2) is 4.43. The average Bonchev–Trinajstić information content (AvgIpc) is 2.84. The van der Waals surface area contributed by atoms with Crippen LogP contribution in [-0.4, -0.2) is 35.1 Å². The van der Waals surface area contributed by atoms with Crippen molar-refractivity contribution in [2.45, 2.75) is 50.4 Å². The van der Waals surface area contributed by atoms with E-state index in [1.165, 1.54) is 31.4 Å². The molecule has 0 aliphatic carbocycles. The van der Waals surface area contributed by atoms with Gasteiger partial charge in [-0.05, 0) is 32.7 Å². The molecule has 3 heterocycles. The highest BCUT2D eigenvalue weighted by Crippen LogP contribution is 2.34. The maximum Gasteiger partial charge on any atom is 0.0795 e. The van der Waals surface area contributed by atoms with E-state index in [1.54, 1.807) is 11.3 Å². The first-order chi connectivity index (χ1) is 7.83. The first-order valence-corrected chi connectivity index (χ1v) is 7.09. The zero-order chi connectivity index (χ0) is 11.0. The SMILES string of the molecule is CN1C2CCC1CC(NCc1cscn1)C2. The predicted octanol–water partition coefficient (Wildman–Crippen LogP) is 1.86. The van der Waals surface area contributed by atoms with Crippen LogP contribution in [0.25, 0.3) is 0 Å². The molecule has 88 valence electrons. The minimum absolute atomic E-state index is 0.704. The first-order valence-electron chi connectivity index (χ1n) is 6.15. The fraction of sp³-hybridized carbons (Fsp3) is 0.750. The summed E-state index contributed by atoms with van der Waals surface area (Å²) in [4.78, 5) is 6.90. The highest BCUT2D eigenvalue weighted by molar-refractivity contribution is 7.07. The molecule has 2 atom stereocenters. The van der Waals surface area contributed by atoms with Crippen LogP contribution in [0.3, 0.4) is 0 Å². The van der Waals surface area contributed by atoms with Crippen LogP contribution in [0, 0.1) is 0 Å². The summed E-state index contributed by atoms with van der Waals surface area (Å²) in [6, 6.07) is 2.36. The van der Waals surface area contributed by atoms with Gasteiger partial charge in [-0.3, -0.25) is 0 Å². The lowest BCUT2D eigenvalue weighted by molar-refractivity contribution is 0.148. The van der Waals surface area contributed by atoms with E-state index < -0.39 is 0 Å². The number of hydrogen-bond acceptors (Lipinski definition) is 4. The first kappa shape index (κ1) is 10.7. The summed E-state index contributed by atoms with van der Waals surface area (Å²) in [7, 11) is 2.29. The largest absolute Gasteiger partial charge is 0.308 e. The van der Waals surface area contributed by atoms with Crippen molar-refractivity contribution in [2.24, 2.45) is 0 Å². The van der Waals surface area contributed by atoms with Gasteiger partial charge in [0.2, 0.25) is 0 Å². The summed E-state index contributed by atoms with van der Waals surface area (Å²) < 4.78 is 0. The molecule has 1 aromatic heterocycles. The van der Waals surface area contributed by atoms with Gasteiger partial charge in [0.15, 0.2) is 0 Å². The molecule has 2 aliphatic rings. The summed E-state index contributed by atoms with van der Waals surface area (Å²) in [5.74, 6) is 0. The topological polar surface area (TPSA) is 28.2 Å². The van der Waals surface area contributed by atoms with E-state index >= 15 is 0 Å². The van der Waals surface area contributed by atoms with Crippen LogP contribution < -0.4 is 5.32 Å². The maximum atomic E-state index is 4.31. The molecule has 2 aliphatic heterocycles. The summed E-state index contributed by atoms with van der Waals surface area (Å²) >= 11 is 1.68. The zero-order valence-corrected chi connectivity index (χ0v) is 10.5. The number of thiazole rings is 1. The Kier molecular flexibility index (Phi) is 2.96. The van der Waals surface area contributed by atoms with Gasteiger partial charge in [0, 0.05) is 30.1 Å². The van der Waals surface area contributed by atoms with E-state index in [0.29, 0.717) is 6.04 Å². The van der Waals surface area contributed by atoms with E-state index in [2.05, 4.69) is 27.6 Å². The quantitative estimate of drug-likeness (QED) is 0.869. The molecule has 16 heavy (non-hydrogen) atoms. The number of piperidine rings is 1. The molecule has 0 amide bonds. The number of nitrogens with zero attached hydrogens (tertiary/aromatic N) is 2. The number of rotatable bonds is 3. The second-order valence-electron chi connectivity index (χ2n) is 5.08. The van der Waals surface area contributed by atoms with Gasteiger partial charge >= 0.3 is 0 Å². The molecule has 1 aromatic rings. The zero-order valence-electron chi connectivity index (χ0n) is 9.72.